The van der Waals surface area contributed by atoms with Gasteiger partial charge in [-0.1, -0.05) is 0 Å². The van der Waals surface area contributed by atoms with E-state index >= 15 is 0 Å². The van der Waals surface area contributed by atoms with Gasteiger partial charge in [0.05, 0.1) is 18.8 Å². The van der Waals surface area contributed by atoms with Crippen LogP contribution in [0.1, 0.15) is 59.2 Å². The first-order valence-electron chi connectivity index (χ1n) is 11.3. The van der Waals surface area contributed by atoms with Crippen molar-refractivity contribution in [2.75, 3.05) is 19.7 Å². The molecule has 31 heavy (non-hydrogen) atoms. The second kappa shape index (κ2) is 8.38. The maximum Gasteiger partial charge on any atom is 0.220 e. The molecule has 7 nitrogen and oxygen atoms in total. The molecule has 0 atom stereocenters. The van der Waals surface area contributed by atoms with Gasteiger partial charge in [0.25, 0.3) is 0 Å². The lowest BCUT2D eigenvalue weighted by molar-refractivity contribution is 0.196. The normalized spacial score (nSPS) is 17.4. The molecular weight excluding hydrogens is 388 g/mol. The molecule has 1 saturated heterocycles. The number of H-pyrrole nitrogens is 1. The Morgan fingerprint density at radius 3 is 2.77 bits per heavy atom. The average Bonchev–Trinajstić information content (AvgIpc) is 3.24. The lowest BCUT2D eigenvalue weighted by Gasteiger charge is -2.31. The number of hydrogen-bond acceptors (Lipinski definition) is 6. The number of aryl methyl sites for hydroxylation is 3. The number of aromatic nitrogens is 5. The summed E-state index contributed by atoms with van der Waals surface area (Å²) in [5.41, 5.74) is 7.86. The smallest absolute Gasteiger partial charge is 0.220 e. The Morgan fingerprint density at radius 1 is 1.13 bits per heavy atom. The molecular formula is C24H30N6O. The second-order valence-corrected chi connectivity index (χ2v) is 8.81. The predicted octanol–water partition coefficient (Wildman–Crippen LogP) is 3.89. The number of ether oxygens (including phenoxy) is 1. The Hall–Kier alpha value is -2.80. The van der Waals surface area contributed by atoms with Crippen LogP contribution in [0.4, 0.5) is 0 Å². The van der Waals surface area contributed by atoms with Crippen molar-refractivity contribution in [2.24, 2.45) is 0 Å². The molecule has 0 bridgehead atoms. The Kier molecular flexibility index (Phi) is 5.44. The van der Waals surface area contributed by atoms with Crippen molar-refractivity contribution < 1.29 is 4.74 Å². The highest BCUT2D eigenvalue weighted by molar-refractivity contribution is 5.65. The van der Waals surface area contributed by atoms with Gasteiger partial charge in [-0.3, -0.25) is 15.0 Å². The van der Waals surface area contributed by atoms with E-state index in [4.69, 9.17) is 14.7 Å². The summed E-state index contributed by atoms with van der Waals surface area (Å²) in [6.45, 7) is 9.85. The third kappa shape index (κ3) is 4.06. The highest BCUT2D eigenvalue weighted by Crippen LogP contribution is 2.32. The molecule has 0 spiro atoms. The number of nitrogens with one attached hydrogen (secondary N) is 1. The van der Waals surface area contributed by atoms with Gasteiger partial charge in [0.2, 0.25) is 5.88 Å². The fourth-order valence-corrected chi connectivity index (χ4v) is 4.88. The fourth-order valence-electron chi connectivity index (χ4n) is 4.88. The highest BCUT2D eigenvalue weighted by atomic mass is 16.5. The summed E-state index contributed by atoms with van der Waals surface area (Å²) in [5, 5.41) is 7.91. The van der Waals surface area contributed by atoms with Crippen LogP contribution in [-0.2, 0) is 13.0 Å². The van der Waals surface area contributed by atoms with Gasteiger partial charge in [0.1, 0.15) is 5.82 Å². The SMILES string of the molecule is Cc1ccnc(C)c1-c1cc(C2CCN(Cc3nc(C)c4c(n3)OCCC4)CC2)[nH]n1. The van der Waals surface area contributed by atoms with Crippen LogP contribution in [0.25, 0.3) is 11.3 Å². The maximum absolute atomic E-state index is 5.78. The van der Waals surface area contributed by atoms with Crippen LogP contribution in [0.15, 0.2) is 18.3 Å². The lowest BCUT2D eigenvalue weighted by atomic mass is 9.93. The molecule has 3 aromatic heterocycles. The lowest BCUT2D eigenvalue weighted by Crippen LogP contribution is -2.33. The van der Waals surface area contributed by atoms with E-state index in [0.29, 0.717) is 5.92 Å². The van der Waals surface area contributed by atoms with Crippen molar-refractivity contribution in [2.45, 2.75) is 58.9 Å². The molecule has 0 aliphatic carbocycles. The van der Waals surface area contributed by atoms with Gasteiger partial charge in [0.15, 0.2) is 0 Å². The Balaban J connectivity index is 1.23. The minimum absolute atomic E-state index is 0.504. The summed E-state index contributed by atoms with van der Waals surface area (Å²) in [6, 6.07) is 4.26. The molecule has 1 N–H and O–H groups in total. The quantitative estimate of drug-likeness (QED) is 0.692. The van der Waals surface area contributed by atoms with Gasteiger partial charge in [-0.25, -0.2) is 4.98 Å². The molecule has 1 fully saturated rings. The molecule has 0 radical (unpaired) electrons. The standard InChI is InChI=1S/C24H30N6O/c1-15-6-9-25-17(3)23(15)21-13-20(28-29-21)18-7-10-30(11-8-18)14-22-26-16(2)19-5-4-12-31-24(19)27-22/h6,9,13,18H,4-5,7-8,10-12,14H2,1-3H3,(H,28,29). The van der Waals surface area contributed by atoms with E-state index in [2.05, 4.69) is 40.0 Å². The molecule has 0 aromatic carbocycles. The summed E-state index contributed by atoms with van der Waals surface area (Å²) < 4.78 is 5.78. The van der Waals surface area contributed by atoms with Crippen molar-refractivity contribution in [3.63, 3.8) is 0 Å². The zero-order valence-electron chi connectivity index (χ0n) is 18.6. The van der Waals surface area contributed by atoms with Gasteiger partial charge in [0, 0.05) is 40.3 Å². The number of rotatable bonds is 4. The Labute approximate surface area is 183 Å². The van der Waals surface area contributed by atoms with Gasteiger partial charge >= 0.3 is 0 Å². The number of piperidine rings is 1. The number of pyridine rings is 1. The summed E-state index contributed by atoms with van der Waals surface area (Å²) in [5.74, 6) is 2.18. The van der Waals surface area contributed by atoms with Crippen LogP contribution in [0, 0.1) is 20.8 Å². The molecule has 162 valence electrons. The zero-order chi connectivity index (χ0) is 21.4. The number of nitrogens with zero attached hydrogens (tertiary/aromatic N) is 5. The Morgan fingerprint density at radius 2 is 1.97 bits per heavy atom. The summed E-state index contributed by atoms with van der Waals surface area (Å²) in [7, 11) is 0. The van der Waals surface area contributed by atoms with Crippen LogP contribution < -0.4 is 4.74 Å². The van der Waals surface area contributed by atoms with E-state index in [9.17, 15) is 0 Å². The van der Waals surface area contributed by atoms with E-state index < -0.39 is 0 Å². The first-order chi connectivity index (χ1) is 15.1. The van der Waals surface area contributed by atoms with E-state index in [0.717, 1.165) is 86.3 Å². The van der Waals surface area contributed by atoms with Crippen LogP contribution >= 0.6 is 0 Å². The van der Waals surface area contributed by atoms with Crippen LogP contribution in [0.2, 0.25) is 0 Å². The number of hydrogen-bond donors (Lipinski definition) is 1. The van der Waals surface area contributed by atoms with E-state index in [1.54, 1.807) is 0 Å². The third-order valence-electron chi connectivity index (χ3n) is 6.63. The molecule has 2 aliphatic rings. The predicted molar refractivity (Wildman–Crippen MR) is 119 cm³/mol. The van der Waals surface area contributed by atoms with Gasteiger partial charge in [-0.2, -0.15) is 10.1 Å². The average molecular weight is 419 g/mol. The molecule has 3 aromatic rings. The van der Waals surface area contributed by atoms with E-state index in [1.165, 1.54) is 16.8 Å². The molecule has 2 aliphatic heterocycles. The third-order valence-corrected chi connectivity index (χ3v) is 6.63. The molecule has 0 amide bonds. The molecule has 5 heterocycles. The maximum atomic E-state index is 5.78. The van der Waals surface area contributed by atoms with Crippen LogP contribution in [0.3, 0.4) is 0 Å². The van der Waals surface area contributed by atoms with Crippen molar-refractivity contribution in [3.8, 4) is 17.1 Å². The molecule has 5 rings (SSSR count). The minimum atomic E-state index is 0.504. The first kappa shape index (κ1) is 20.1. The van der Waals surface area contributed by atoms with Crippen molar-refractivity contribution in [1.82, 2.24) is 30.0 Å². The fraction of sp³-hybridized carbons (Fsp3) is 0.500. The molecule has 0 saturated carbocycles. The monoisotopic (exact) mass is 418 g/mol. The zero-order valence-corrected chi connectivity index (χ0v) is 18.6. The number of likely N-dealkylation sites (tertiary alicyclic amines) is 1. The number of fused-ring (bicyclic) bond motifs is 1. The van der Waals surface area contributed by atoms with Gasteiger partial charge < -0.3 is 4.74 Å². The second-order valence-electron chi connectivity index (χ2n) is 8.81. The van der Waals surface area contributed by atoms with Crippen molar-refractivity contribution in [3.05, 3.63) is 52.4 Å². The van der Waals surface area contributed by atoms with Gasteiger partial charge in [-0.15, -0.1) is 0 Å². The topological polar surface area (TPSA) is 79.8 Å². The highest BCUT2D eigenvalue weighted by Gasteiger charge is 2.24. The van der Waals surface area contributed by atoms with E-state index in [-0.39, 0.29) is 0 Å². The number of aromatic amines is 1. The molecule has 7 heteroatoms. The largest absolute Gasteiger partial charge is 0.477 e. The van der Waals surface area contributed by atoms with Crippen molar-refractivity contribution >= 4 is 0 Å². The van der Waals surface area contributed by atoms with Crippen LogP contribution in [0.5, 0.6) is 5.88 Å². The Bertz CT molecular complexity index is 1060. The van der Waals surface area contributed by atoms with Gasteiger partial charge in [-0.05, 0) is 77.2 Å². The van der Waals surface area contributed by atoms with E-state index in [1.807, 2.05) is 19.2 Å². The minimum Gasteiger partial charge on any atom is -0.477 e. The summed E-state index contributed by atoms with van der Waals surface area (Å²) in [6.07, 6.45) is 6.15. The van der Waals surface area contributed by atoms with Crippen molar-refractivity contribution in [1.29, 1.82) is 0 Å². The molecule has 0 unspecified atom stereocenters. The summed E-state index contributed by atoms with van der Waals surface area (Å²) in [4.78, 5) is 16.3. The summed E-state index contributed by atoms with van der Waals surface area (Å²) >= 11 is 0. The van der Waals surface area contributed by atoms with Crippen LogP contribution in [-0.4, -0.2) is 49.7 Å². The first-order valence-corrected chi connectivity index (χ1v) is 11.3.